The molecule has 0 fully saturated rings. The summed E-state index contributed by atoms with van der Waals surface area (Å²) < 4.78 is 60.0. The van der Waals surface area contributed by atoms with Crippen molar-refractivity contribution in [2.24, 2.45) is 0 Å². The van der Waals surface area contributed by atoms with Crippen LogP contribution in [0.4, 0.5) is 10.1 Å². The van der Waals surface area contributed by atoms with E-state index in [-0.39, 0.29) is 10.6 Å². The third-order valence-electron chi connectivity index (χ3n) is 2.86. The summed E-state index contributed by atoms with van der Waals surface area (Å²) in [6.45, 7) is 4.47. The maximum absolute atomic E-state index is 13.1. The highest BCUT2D eigenvalue weighted by Crippen LogP contribution is 2.22. The maximum atomic E-state index is 13.1. The Morgan fingerprint density at radius 2 is 1.65 bits per heavy atom. The van der Waals surface area contributed by atoms with Crippen LogP contribution >= 0.6 is 0 Å². The van der Waals surface area contributed by atoms with Gasteiger partial charge < -0.3 is 5.73 Å². The summed E-state index contributed by atoms with van der Waals surface area (Å²) in [5.41, 5.74) is 5.41. The molecule has 0 aliphatic carbocycles. The number of hydrogen-bond donors (Lipinski definition) is 1. The van der Waals surface area contributed by atoms with E-state index in [4.69, 9.17) is 5.73 Å². The van der Waals surface area contributed by atoms with Gasteiger partial charge in [-0.2, -0.15) is 0 Å². The van der Waals surface area contributed by atoms with Gasteiger partial charge in [0.15, 0.2) is 19.7 Å². The molecule has 0 radical (unpaired) electrons. The zero-order valence-corrected chi connectivity index (χ0v) is 13.2. The van der Waals surface area contributed by atoms with Gasteiger partial charge in [0, 0.05) is 0 Å². The summed E-state index contributed by atoms with van der Waals surface area (Å²) in [4.78, 5) is -0.374. The van der Waals surface area contributed by atoms with E-state index in [0.29, 0.717) is 0 Å². The van der Waals surface area contributed by atoms with Crippen LogP contribution in [0.5, 0.6) is 0 Å². The van der Waals surface area contributed by atoms with Crippen molar-refractivity contribution < 1.29 is 21.2 Å². The van der Waals surface area contributed by atoms with Crippen molar-refractivity contribution in [3.05, 3.63) is 24.0 Å². The van der Waals surface area contributed by atoms with Crippen molar-refractivity contribution in [3.8, 4) is 0 Å². The van der Waals surface area contributed by atoms with E-state index in [9.17, 15) is 21.2 Å². The van der Waals surface area contributed by atoms with Gasteiger partial charge in [-0.05, 0) is 39.0 Å². The Bertz CT molecular complexity index is 703. The fourth-order valence-electron chi connectivity index (χ4n) is 1.41. The predicted molar refractivity (Wildman–Crippen MR) is 76.4 cm³/mol. The van der Waals surface area contributed by atoms with Crippen LogP contribution in [-0.2, 0) is 19.7 Å². The molecule has 1 aromatic carbocycles. The van der Waals surface area contributed by atoms with Gasteiger partial charge >= 0.3 is 0 Å². The van der Waals surface area contributed by atoms with Crippen molar-refractivity contribution in [1.82, 2.24) is 0 Å². The van der Waals surface area contributed by atoms with Crippen LogP contribution in [0.2, 0.25) is 0 Å². The first-order chi connectivity index (χ1) is 8.87. The maximum Gasteiger partial charge on any atom is 0.181 e. The smallest absolute Gasteiger partial charge is 0.181 e. The number of rotatable bonds is 4. The molecule has 0 atom stereocenters. The van der Waals surface area contributed by atoms with Gasteiger partial charge in [-0.25, -0.2) is 21.2 Å². The lowest BCUT2D eigenvalue weighted by atomic mass is 10.3. The van der Waals surface area contributed by atoms with E-state index >= 15 is 0 Å². The first-order valence-electron chi connectivity index (χ1n) is 5.87. The second-order valence-corrected chi connectivity index (χ2v) is 10.4. The summed E-state index contributed by atoms with van der Waals surface area (Å²) in [6.07, 6.45) is 0. The predicted octanol–water partition coefficient (Wildman–Crippen LogP) is 1.39. The van der Waals surface area contributed by atoms with Gasteiger partial charge in [-0.3, -0.25) is 0 Å². The molecule has 0 aliphatic rings. The standard InChI is InChI=1S/C12H18FNO4S2/c1-12(2,3)20(17,18)7-6-19(15,16)11-8-9(13)4-5-10(11)14/h4-5,8H,6-7,14H2,1-3H3. The second-order valence-electron chi connectivity index (χ2n) is 5.43. The minimum Gasteiger partial charge on any atom is -0.398 e. The van der Waals surface area contributed by atoms with Gasteiger partial charge in [0.1, 0.15) is 5.82 Å². The van der Waals surface area contributed by atoms with Crippen LogP contribution in [0.15, 0.2) is 23.1 Å². The summed E-state index contributed by atoms with van der Waals surface area (Å²) in [6, 6.07) is 2.98. The fraction of sp³-hybridized carbons (Fsp3) is 0.500. The van der Waals surface area contributed by atoms with E-state index in [1.807, 2.05) is 0 Å². The van der Waals surface area contributed by atoms with Crippen molar-refractivity contribution in [2.75, 3.05) is 17.2 Å². The van der Waals surface area contributed by atoms with E-state index in [1.54, 1.807) is 0 Å². The molecule has 0 saturated heterocycles. The zero-order chi connectivity index (χ0) is 15.8. The summed E-state index contributed by atoms with van der Waals surface area (Å²) in [5.74, 6) is -1.90. The number of sulfone groups is 2. The van der Waals surface area contributed by atoms with E-state index in [1.165, 1.54) is 20.8 Å². The Morgan fingerprint density at radius 1 is 1.10 bits per heavy atom. The van der Waals surface area contributed by atoms with Gasteiger partial charge in [-0.15, -0.1) is 0 Å². The molecular formula is C12H18FNO4S2. The van der Waals surface area contributed by atoms with Crippen molar-refractivity contribution in [3.63, 3.8) is 0 Å². The summed E-state index contributed by atoms with van der Waals surface area (Å²) >= 11 is 0. The molecule has 0 heterocycles. The zero-order valence-electron chi connectivity index (χ0n) is 11.6. The third-order valence-corrected chi connectivity index (χ3v) is 7.50. The largest absolute Gasteiger partial charge is 0.398 e. The topological polar surface area (TPSA) is 94.3 Å². The Labute approximate surface area is 118 Å². The van der Waals surface area contributed by atoms with Crippen LogP contribution in [-0.4, -0.2) is 33.1 Å². The number of halogens is 1. The average Bonchev–Trinajstić information content (AvgIpc) is 2.28. The lowest BCUT2D eigenvalue weighted by Gasteiger charge is -2.19. The average molecular weight is 323 g/mol. The van der Waals surface area contributed by atoms with Crippen LogP contribution in [0.1, 0.15) is 20.8 Å². The molecule has 1 rings (SSSR count). The Balaban J connectivity index is 3.06. The molecule has 20 heavy (non-hydrogen) atoms. The second kappa shape index (κ2) is 5.33. The first kappa shape index (κ1) is 16.9. The first-order valence-corrected chi connectivity index (χ1v) is 9.17. The number of benzene rings is 1. The highest BCUT2D eigenvalue weighted by Gasteiger charge is 2.31. The van der Waals surface area contributed by atoms with Crippen molar-refractivity contribution >= 4 is 25.4 Å². The Kier molecular flexibility index (Phi) is 4.50. The normalized spacial score (nSPS) is 13.4. The molecule has 5 nitrogen and oxygen atoms in total. The van der Waals surface area contributed by atoms with Gasteiger partial charge in [0.05, 0.1) is 26.8 Å². The number of nitrogen functional groups attached to an aromatic ring is 1. The molecule has 114 valence electrons. The fourth-order valence-corrected chi connectivity index (χ4v) is 4.72. The lowest BCUT2D eigenvalue weighted by molar-refractivity contribution is 0.559. The van der Waals surface area contributed by atoms with Crippen molar-refractivity contribution in [1.29, 1.82) is 0 Å². The molecule has 0 bridgehead atoms. The highest BCUT2D eigenvalue weighted by atomic mass is 32.2. The van der Waals surface area contributed by atoms with Gasteiger partial charge in [0.2, 0.25) is 0 Å². The lowest BCUT2D eigenvalue weighted by Crippen LogP contribution is -2.33. The van der Waals surface area contributed by atoms with E-state index in [2.05, 4.69) is 0 Å². The summed E-state index contributed by atoms with van der Waals surface area (Å²) in [5, 5.41) is 0. The Hall–Kier alpha value is -1.15. The van der Waals surface area contributed by atoms with Crippen molar-refractivity contribution in [2.45, 2.75) is 30.4 Å². The molecule has 0 unspecified atom stereocenters. The molecule has 0 aromatic heterocycles. The minimum absolute atomic E-state index is 0.0976. The molecule has 0 amide bonds. The van der Waals surface area contributed by atoms with Crippen LogP contribution in [0.3, 0.4) is 0 Å². The number of hydrogen-bond acceptors (Lipinski definition) is 5. The molecule has 0 spiro atoms. The molecule has 1 aromatic rings. The molecular weight excluding hydrogens is 305 g/mol. The minimum atomic E-state index is -3.95. The monoisotopic (exact) mass is 323 g/mol. The van der Waals surface area contributed by atoms with E-state index < -0.39 is 41.7 Å². The molecule has 0 aliphatic heterocycles. The number of anilines is 1. The SMILES string of the molecule is CC(C)(C)S(=O)(=O)CCS(=O)(=O)c1cc(F)ccc1N. The molecule has 0 saturated carbocycles. The third kappa shape index (κ3) is 3.69. The molecule has 8 heteroatoms. The van der Waals surface area contributed by atoms with Crippen LogP contribution in [0, 0.1) is 5.82 Å². The molecule has 2 N–H and O–H groups in total. The van der Waals surface area contributed by atoms with Crippen LogP contribution in [0.25, 0.3) is 0 Å². The number of nitrogens with two attached hydrogens (primary N) is 1. The van der Waals surface area contributed by atoms with Crippen LogP contribution < -0.4 is 5.73 Å². The van der Waals surface area contributed by atoms with E-state index in [0.717, 1.165) is 18.2 Å². The quantitative estimate of drug-likeness (QED) is 0.845. The van der Waals surface area contributed by atoms with Gasteiger partial charge in [0.25, 0.3) is 0 Å². The van der Waals surface area contributed by atoms with Gasteiger partial charge in [-0.1, -0.05) is 0 Å². The summed E-state index contributed by atoms with van der Waals surface area (Å²) in [7, 11) is -7.53. The highest BCUT2D eigenvalue weighted by molar-refractivity contribution is 7.95. The Morgan fingerprint density at radius 3 is 2.15 bits per heavy atom.